The molecule has 2 aliphatic rings. The number of rotatable bonds is 6. The molecule has 1 saturated heterocycles. The molecule has 1 aliphatic heterocycles. The first-order valence-electron chi connectivity index (χ1n) is 8.64. The summed E-state index contributed by atoms with van der Waals surface area (Å²) in [6.07, 6.45) is 3.08. The number of morpholine rings is 1. The molecule has 24 heavy (non-hydrogen) atoms. The number of carbonyl (C=O) groups is 1. The molecule has 2 heterocycles. The number of benzene rings is 1. The Kier molecular flexibility index (Phi) is 4.74. The fourth-order valence-corrected chi connectivity index (χ4v) is 4.14. The maximum Gasteiger partial charge on any atom is 0.164 e. The number of hydrogen-bond acceptors (Lipinski definition) is 5. The van der Waals surface area contributed by atoms with Crippen LogP contribution in [0, 0.1) is 0 Å². The second-order valence-corrected chi connectivity index (χ2v) is 7.53. The maximum atomic E-state index is 12.5. The second kappa shape index (κ2) is 7.13. The van der Waals surface area contributed by atoms with Crippen LogP contribution in [0.2, 0.25) is 0 Å². The first kappa shape index (κ1) is 15.9. The van der Waals surface area contributed by atoms with Crippen molar-refractivity contribution in [1.29, 1.82) is 0 Å². The molecule has 1 atom stereocenters. The first-order valence-corrected chi connectivity index (χ1v) is 9.52. The predicted molar refractivity (Wildman–Crippen MR) is 94.5 cm³/mol. The van der Waals surface area contributed by atoms with Gasteiger partial charge in [-0.25, -0.2) is 4.98 Å². The number of hydrogen-bond donors (Lipinski definition) is 0. The van der Waals surface area contributed by atoms with Gasteiger partial charge in [-0.05, 0) is 12.8 Å². The maximum absolute atomic E-state index is 12.5. The standard InChI is InChI=1S/C19H22N2O2S/c22-18(14-4-2-1-3-5-14)10-17-12-23-9-8-21(17)11-16-13-24-19(20-16)15-6-7-15/h1-5,13,15,17H,6-12H2/t17-/m1/s1. The van der Waals surface area contributed by atoms with Crippen LogP contribution in [-0.2, 0) is 11.3 Å². The second-order valence-electron chi connectivity index (χ2n) is 6.64. The van der Waals surface area contributed by atoms with E-state index >= 15 is 0 Å². The Labute approximate surface area is 146 Å². The Bertz CT molecular complexity index is 696. The van der Waals surface area contributed by atoms with Gasteiger partial charge in [-0.1, -0.05) is 30.3 Å². The minimum atomic E-state index is 0.137. The monoisotopic (exact) mass is 342 g/mol. The number of nitrogens with zero attached hydrogens (tertiary/aromatic N) is 2. The van der Waals surface area contributed by atoms with Gasteiger partial charge in [0.05, 0.1) is 23.9 Å². The molecule has 1 aromatic heterocycles. The average molecular weight is 342 g/mol. The lowest BCUT2D eigenvalue weighted by molar-refractivity contribution is -0.0130. The van der Waals surface area contributed by atoms with Gasteiger partial charge in [-0.2, -0.15) is 0 Å². The van der Waals surface area contributed by atoms with Gasteiger partial charge in [-0.15, -0.1) is 11.3 Å². The van der Waals surface area contributed by atoms with Crippen molar-refractivity contribution in [2.45, 2.75) is 37.8 Å². The molecule has 0 N–H and O–H groups in total. The Morgan fingerprint density at radius 1 is 1.29 bits per heavy atom. The third kappa shape index (κ3) is 3.74. The van der Waals surface area contributed by atoms with Crippen molar-refractivity contribution in [2.24, 2.45) is 0 Å². The predicted octanol–water partition coefficient (Wildman–Crippen LogP) is 3.49. The van der Waals surface area contributed by atoms with Crippen molar-refractivity contribution in [1.82, 2.24) is 9.88 Å². The Morgan fingerprint density at radius 2 is 2.12 bits per heavy atom. The number of Topliss-reactive ketones (excluding diaryl/α,β-unsaturated/α-hetero) is 1. The summed E-state index contributed by atoms with van der Waals surface area (Å²) in [6, 6.07) is 9.68. The van der Waals surface area contributed by atoms with Crippen LogP contribution >= 0.6 is 11.3 Å². The van der Waals surface area contributed by atoms with E-state index in [2.05, 4.69) is 10.3 Å². The highest BCUT2D eigenvalue weighted by Crippen LogP contribution is 2.41. The normalized spacial score (nSPS) is 21.8. The molecule has 0 unspecified atom stereocenters. The highest BCUT2D eigenvalue weighted by Gasteiger charge is 2.29. The zero-order valence-electron chi connectivity index (χ0n) is 13.7. The zero-order valence-corrected chi connectivity index (χ0v) is 14.5. The van der Waals surface area contributed by atoms with E-state index in [1.807, 2.05) is 30.3 Å². The summed E-state index contributed by atoms with van der Waals surface area (Å²) in [5, 5.41) is 3.47. The molecule has 1 aliphatic carbocycles. The average Bonchev–Trinajstić information content (AvgIpc) is 3.37. The lowest BCUT2D eigenvalue weighted by Gasteiger charge is -2.34. The summed E-state index contributed by atoms with van der Waals surface area (Å²) < 4.78 is 5.63. The SMILES string of the molecule is O=C(C[C@@H]1COCCN1Cc1csc(C2CC2)n1)c1ccccc1. The molecule has 0 spiro atoms. The number of thiazole rings is 1. The third-order valence-electron chi connectivity index (χ3n) is 4.73. The molecule has 4 nitrogen and oxygen atoms in total. The van der Waals surface area contributed by atoms with Crippen molar-refractivity contribution in [3.05, 3.63) is 52.0 Å². The van der Waals surface area contributed by atoms with E-state index in [1.54, 1.807) is 11.3 Å². The highest BCUT2D eigenvalue weighted by molar-refractivity contribution is 7.09. The molecule has 2 fully saturated rings. The van der Waals surface area contributed by atoms with Gasteiger partial charge in [0, 0.05) is 42.4 Å². The number of aromatic nitrogens is 1. The minimum absolute atomic E-state index is 0.137. The number of carbonyl (C=O) groups excluding carboxylic acids is 1. The van der Waals surface area contributed by atoms with Crippen LogP contribution in [0.15, 0.2) is 35.7 Å². The summed E-state index contributed by atoms with van der Waals surface area (Å²) >= 11 is 1.78. The van der Waals surface area contributed by atoms with Gasteiger partial charge in [0.2, 0.25) is 0 Å². The Balaban J connectivity index is 1.41. The van der Waals surface area contributed by atoms with Gasteiger partial charge in [0.1, 0.15) is 0 Å². The summed E-state index contributed by atoms with van der Waals surface area (Å²) in [7, 11) is 0. The van der Waals surface area contributed by atoms with Crippen molar-refractivity contribution >= 4 is 17.1 Å². The first-order chi connectivity index (χ1) is 11.8. The van der Waals surface area contributed by atoms with Crippen LogP contribution in [0.3, 0.4) is 0 Å². The molecule has 0 radical (unpaired) electrons. The van der Waals surface area contributed by atoms with Gasteiger partial charge >= 0.3 is 0 Å². The molecule has 0 amide bonds. The summed E-state index contributed by atoms with van der Waals surface area (Å²) in [6.45, 7) is 3.04. The lowest BCUT2D eigenvalue weighted by Crippen LogP contribution is -2.45. The number of ether oxygens (including phenoxy) is 1. The third-order valence-corrected chi connectivity index (χ3v) is 5.78. The van der Waals surface area contributed by atoms with Crippen molar-refractivity contribution in [3.8, 4) is 0 Å². The molecule has 1 saturated carbocycles. The smallest absolute Gasteiger partial charge is 0.164 e. The zero-order chi connectivity index (χ0) is 16.4. The summed E-state index contributed by atoms with van der Waals surface area (Å²) in [4.78, 5) is 19.7. The van der Waals surface area contributed by atoms with Crippen molar-refractivity contribution in [3.63, 3.8) is 0 Å². The van der Waals surface area contributed by atoms with Gasteiger partial charge < -0.3 is 4.74 Å². The van der Waals surface area contributed by atoms with Crippen LogP contribution in [0.1, 0.15) is 46.2 Å². The quantitative estimate of drug-likeness (QED) is 0.754. The molecular weight excluding hydrogens is 320 g/mol. The van der Waals surface area contributed by atoms with E-state index in [1.165, 1.54) is 17.8 Å². The molecule has 4 rings (SSSR count). The van der Waals surface area contributed by atoms with Gasteiger partial charge in [0.25, 0.3) is 0 Å². The molecule has 5 heteroatoms. The van der Waals surface area contributed by atoms with E-state index in [0.29, 0.717) is 18.9 Å². The largest absolute Gasteiger partial charge is 0.378 e. The molecule has 1 aromatic carbocycles. The molecular formula is C19H22N2O2S. The van der Waals surface area contributed by atoms with E-state index in [0.717, 1.165) is 31.0 Å². The van der Waals surface area contributed by atoms with Crippen LogP contribution < -0.4 is 0 Å². The van der Waals surface area contributed by atoms with E-state index < -0.39 is 0 Å². The fraction of sp³-hybridized carbons (Fsp3) is 0.474. The van der Waals surface area contributed by atoms with E-state index in [-0.39, 0.29) is 11.8 Å². The highest BCUT2D eigenvalue weighted by atomic mass is 32.1. The van der Waals surface area contributed by atoms with Crippen LogP contribution in [0.4, 0.5) is 0 Å². The number of ketones is 1. The van der Waals surface area contributed by atoms with Crippen molar-refractivity contribution < 1.29 is 9.53 Å². The Hall–Kier alpha value is -1.56. The van der Waals surface area contributed by atoms with Crippen LogP contribution in [0.25, 0.3) is 0 Å². The van der Waals surface area contributed by atoms with Gasteiger partial charge in [-0.3, -0.25) is 9.69 Å². The van der Waals surface area contributed by atoms with E-state index in [4.69, 9.17) is 9.72 Å². The Morgan fingerprint density at radius 3 is 2.92 bits per heavy atom. The van der Waals surface area contributed by atoms with Crippen molar-refractivity contribution in [2.75, 3.05) is 19.8 Å². The molecule has 0 bridgehead atoms. The minimum Gasteiger partial charge on any atom is -0.378 e. The van der Waals surface area contributed by atoms with Crippen LogP contribution in [0.5, 0.6) is 0 Å². The van der Waals surface area contributed by atoms with Crippen LogP contribution in [-0.4, -0.2) is 41.5 Å². The lowest BCUT2D eigenvalue weighted by atomic mass is 10.0. The summed E-state index contributed by atoms with van der Waals surface area (Å²) in [5.74, 6) is 0.900. The topological polar surface area (TPSA) is 42.4 Å². The fourth-order valence-electron chi connectivity index (χ4n) is 3.16. The molecule has 2 aromatic rings. The summed E-state index contributed by atoms with van der Waals surface area (Å²) in [5.41, 5.74) is 1.92. The van der Waals surface area contributed by atoms with Gasteiger partial charge in [0.15, 0.2) is 5.78 Å². The molecule has 126 valence electrons. The van der Waals surface area contributed by atoms with E-state index in [9.17, 15) is 4.79 Å².